The second kappa shape index (κ2) is 6.05. The molecule has 110 valence electrons. The third kappa shape index (κ3) is 2.90. The van der Waals surface area contributed by atoms with E-state index in [1.807, 2.05) is 24.3 Å². The van der Waals surface area contributed by atoms with E-state index >= 15 is 0 Å². The van der Waals surface area contributed by atoms with Crippen LogP contribution in [0.4, 0.5) is 0 Å². The summed E-state index contributed by atoms with van der Waals surface area (Å²) in [5.41, 5.74) is 0.456. The highest BCUT2D eigenvalue weighted by Gasteiger charge is 2.27. The number of fused-ring (bicyclic) bond motifs is 1. The normalized spacial score (nSPS) is 17.1. The Bertz CT molecular complexity index is 671. The first-order chi connectivity index (χ1) is 10.2. The van der Waals surface area contributed by atoms with Gasteiger partial charge in [0, 0.05) is 17.8 Å². The van der Waals surface area contributed by atoms with Crippen LogP contribution < -0.4 is 4.74 Å². The summed E-state index contributed by atoms with van der Waals surface area (Å²) >= 11 is 2.85. The maximum absolute atomic E-state index is 11.3. The molecule has 1 aromatic carbocycles. The fraction of sp³-hybridized carbons (Fsp3) is 0.286. The number of carboxylic acid groups (broad SMARTS) is 1. The lowest BCUT2D eigenvalue weighted by Crippen LogP contribution is -2.14. The number of carbonyl (C=O) groups is 1. The number of hydrogen-bond acceptors (Lipinski definition) is 6. The van der Waals surface area contributed by atoms with Crippen molar-refractivity contribution in [3.05, 3.63) is 39.8 Å². The van der Waals surface area contributed by atoms with Gasteiger partial charge in [-0.15, -0.1) is 23.1 Å². The minimum atomic E-state index is -0.977. The summed E-state index contributed by atoms with van der Waals surface area (Å²) in [6.07, 6.45) is -0.224. The van der Waals surface area contributed by atoms with Gasteiger partial charge in [0.05, 0.1) is 12.3 Å². The van der Waals surface area contributed by atoms with E-state index in [0.29, 0.717) is 10.7 Å². The predicted octanol–water partition coefficient (Wildman–Crippen LogP) is 3.21. The van der Waals surface area contributed by atoms with E-state index in [-0.39, 0.29) is 17.6 Å². The van der Waals surface area contributed by atoms with Crippen molar-refractivity contribution in [2.75, 3.05) is 12.9 Å². The monoisotopic (exact) mass is 323 g/mol. The highest BCUT2D eigenvalue weighted by atomic mass is 32.2. The van der Waals surface area contributed by atoms with E-state index in [0.717, 1.165) is 27.7 Å². The Morgan fingerprint density at radius 2 is 2.33 bits per heavy atom. The number of aromatic nitrogens is 1. The molecule has 0 fully saturated rings. The number of thioether (sulfide) groups is 1. The first kappa shape index (κ1) is 14.4. The summed E-state index contributed by atoms with van der Waals surface area (Å²) in [5, 5.41) is 9.91. The van der Waals surface area contributed by atoms with Gasteiger partial charge < -0.3 is 14.6 Å². The molecule has 0 spiro atoms. The Kier molecular flexibility index (Phi) is 4.14. The number of ether oxygens (including phenoxy) is 2. The topological polar surface area (TPSA) is 68.7 Å². The van der Waals surface area contributed by atoms with Crippen LogP contribution in [0.5, 0.6) is 5.75 Å². The fourth-order valence-corrected chi connectivity index (χ4v) is 4.08. The molecule has 21 heavy (non-hydrogen) atoms. The molecular formula is C14H13NO4S2. The first-order valence-corrected chi connectivity index (χ1v) is 8.09. The molecule has 0 amide bonds. The van der Waals surface area contributed by atoms with Crippen molar-refractivity contribution in [1.82, 2.24) is 4.98 Å². The quantitative estimate of drug-likeness (QED) is 0.932. The van der Waals surface area contributed by atoms with E-state index < -0.39 is 5.97 Å². The molecule has 1 atom stereocenters. The van der Waals surface area contributed by atoms with Crippen molar-refractivity contribution in [2.24, 2.45) is 0 Å². The molecular weight excluding hydrogens is 310 g/mol. The van der Waals surface area contributed by atoms with Gasteiger partial charge in [-0.25, -0.2) is 9.78 Å². The molecule has 1 unspecified atom stereocenters. The molecule has 7 heteroatoms. The van der Waals surface area contributed by atoms with Crippen molar-refractivity contribution in [3.8, 4) is 5.75 Å². The number of benzene rings is 1. The van der Waals surface area contributed by atoms with E-state index in [2.05, 4.69) is 4.98 Å². The molecule has 0 radical (unpaired) electrons. The number of thiazole rings is 1. The molecule has 1 N–H and O–H groups in total. The summed E-state index contributed by atoms with van der Waals surface area (Å²) < 4.78 is 10.9. The maximum atomic E-state index is 11.3. The molecule has 0 saturated heterocycles. The highest BCUT2D eigenvalue weighted by Crippen LogP contribution is 2.41. The number of aromatic carboxylic acids is 1. The molecule has 5 nitrogen and oxygen atoms in total. The Labute approximate surface area is 129 Å². The van der Waals surface area contributed by atoms with Gasteiger partial charge in [0.25, 0.3) is 0 Å². The minimum absolute atomic E-state index is 0.189. The Morgan fingerprint density at radius 3 is 3.10 bits per heavy atom. The second-order valence-electron chi connectivity index (χ2n) is 4.43. The van der Waals surface area contributed by atoms with Crippen LogP contribution >= 0.6 is 23.1 Å². The summed E-state index contributed by atoms with van der Waals surface area (Å²) in [7, 11) is 1.52. The number of para-hydroxylation sites is 1. The molecule has 3 rings (SSSR count). The standard InChI is InChI=1S/C14H13NO4S2/c1-18-6-8-12(14(16)17)21-13(15-8)10-7-20-11-5-3-2-4-9(11)19-10/h2-5,10H,6-7H2,1H3,(H,16,17). The lowest BCUT2D eigenvalue weighted by Gasteiger charge is -2.23. The number of carboxylic acids is 1. The number of methoxy groups -OCH3 is 1. The fourth-order valence-electron chi connectivity index (χ4n) is 2.05. The molecule has 2 heterocycles. The van der Waals surface area contributed by atoms with E-state index in [1.165, 1.54) is 7.11 Å². The van der Waals surface area contributed by atoms with Crippen LogP contribution in [-0.2, 0) is 11.3 Å². The van der Waals surface area contributed by atoms with E-state index in [9.17, 15) is 9.90 Å². The molecule has 1 aliphatic rings. The third-order valence-electron chi connectivity index (χ3n) is 2.97. The molecule has 1 aromatic heterocycles. The smallest absolute Gasteiger partial charge is 0.347 e. The van der Waals surface area contributed by atoms with Crippen molar-refractivity contribution in [2.45, 2.75) is 17.6 Å². The zero-order chi connectivity index (χ0) is 14.8. The number of nitrogens with zero attached hydrogens (tertiary/aromatic N) is 1. The van der Waals surface area contributed by atoms with Crippen molar-refractivity contribution in [1.29, 1.82) is 0 Å². The summed E-state index contributed by atoms with van der Waals surface area (Å²) in [5.74, 6) is 0.560. The average molecular weight is 323 g/mol. The summed E-state index contributed by atoms with van der Waals surface area (Å²) in [6.45, 7) is 0.189. The van der Waals surface area contributed by atoms with E-state index in [1.54, 1.807) is 11.8 Å². The van der Waals surface area contributed by atoms with Crippen LogP contribution in [0.1, 0.15) is 26.5 Å². The van der Waals surface area contributed by atoms with Crippen LogP contribution in [0.15, 0.2) is 29.2 Å². The summed E-state index contributed by atoms with van der Waals surface area (Å²) in [6, 6.07) is 7.81. The lowest BCUT2D eigenvalue weighted by molar-refractivity contribution is 0.0697. The Hall–Kier alpha value is -1.57. The zero-order valence-electron chi connectivity index (χ0n) is 11.2. The van der Waals surface area contributed by atoms with Crippen molar-refractivity contribution in [3.63, 3.8) is 0 Å². The minimum Gasteiger partial charge on any atom is -0.481 e. The van der Waals surface area contributed by atoms with Crippen LogP contribution in [0.25, 0.3) is 0 Å². The van der Waals surface area contributed by atoms with Crippen molar-refractivity contribution < 1.29 is 19.4 Å². The maximum Gasteiger partial charge on any atom is 0.347 e. The number of hydrogen-bond donors (Lipinski definition) is 1. The Morgan fingerprint density at radius 1 is 1.52 bits per heavy atom. The Balaban J connectivity index is 1.88. The number of rotatable bonds is 4. The lowest BCUT2D eigenvalue weighted by atomic mass is 10.3. The van der Waals surface area contributed by atoms with Gasteiger partial charge in [0.1, 0.15) is 15.6 Å². The highest BCUT2D eigenvalue weighted by molar-refractivity contribution is 7.99. The average Bonchev–Trinajstić information content (AvgIpc) is 2.91. The van der Waals surface area contributed by atoms with Gasteiger partial charge >= 0.3 is 5.97 Å². The van der Waals surface area contributed by atoms with Crippen LogP contribution in [0.3, 0.4) is 0 Å². The molecule has 0 saturated carbocycles. The SMILES string of the molecule is COCc1nc(C2CSc3ccccc3O2)sc1C(=O)O. The van der Waals surface area contributed by atoms with Gasteiger partial charge in [-0.2, -0.15) is 0 Å². The molecule has 2 aromatic rings. The zero-order valence-corrected chi connectivity index (χ0v) is 12.9. The van der Waals surface area contributed by atoms with Crippen LogP contribution in [-0.4, -0.2) is 28.9 Å². The van der Waals surface area contributed by atoms with Gasteiger partial charge in [0.2, 0.25) is 0 Å². The van der Waals surface area contributed by atoms with Gasteiger partial charge in [0.15, 0.2) is 6.10 Å². The van der Waals surface area contributed by atoms with Gasteiger partial charge in [-0.3, -0.25) is 0 Å². The van der Waals surface area contributed by atoms with Crippen molar-refractivity contribution >= 4 is 29.1 Å². The van der Waals surface area contributed by atoms with Crippen LogP contribution in [0, 0.1) is 0 Å². The largest absolute Gasteiger partial charge is 0.481 e. The molecule has 0 aliphatic carbocycles. The van der Waals surface area contributed by atoms with Gasteiger partial charge in [-0.05, 0) is 12.1 Å². The third-order valence-corrected chi connectivity index (χ3v) is 5.27. The molecule has 1 aliphatic heterocycles. The van der Waals surface area contributed by atoms with Gasteiger partial charge in [-0.1, -0.05) is 12.1 Å². The van der Waals surface area contributed by atoms with Crippen LogP contribution in [0.2, 0.25) is 0 Å². The predicted molar refractivity (Wildman–Crippen MR) is 80.3 cm³/mol. The second-order valence-corrected chi connectivity index (χ2v) is 6.52. The molecule has 0 bridgehead atoms. The summed E-state index contributed by atoms with van der Waals surface area (Å²) in [4.78, 5) is 17.0. The van der Waals surface area contributed by atoms with E-state index in [4.69, 9.17) is 9.47 Å². The first-order valence-electron chi connectivity index (χ1n) is 6.29.